The van der Waals surface area contributed by atoms with Crippen LogP contribution in [0.3, 0.4) is 0 Å². The molecule has 0 fully saturated rings. The van der Waals surface area contributed by atoms with Crippen LogP contribution in [0.25, 0.3) is 5.69 Å². The van der Waals surface area contributed by atoms with E-state index in [2.05, 4.69) is 5.10 Å². The quantitative estimate of drug-likeness (QED) is 0.671. The zero-order valence-electron chi connectivity index (χ0n) is 13.8. The molecule has 3 aromatic rings. The number of benzene rings is 2. The minimum atomic E-state index is -4.68. The number of nitrogens with one attached hydrogen (secondary N) is 1. The Kier molecular flexibility index (Phi) is 4.68. The van der Waals surface area contributed by atoms with Crippen LogP contribution in [0.15, 0.2) is 59.8 Å². The van der Waals surface area contributed by atoms with E-state index in [9.17, 15) is 26.0 Å². The van der Waals surface area contributed by atoms with Crippen molar-refractivity contribution >= 4 is 15.7 Å². The van der Waals surface area contributed by atoms with Gasteiger partial charge in [0.05, 0.1) is 16.9 Å². The van der Waals surface area contributed by atoms with Crippen LogP contribution >= 0.6 is 0 Å². The van der Waals surface area contributed by atoms with Gasteiger partial charge in [-0.25, -0.2) is 17.5 Å². The second-order valence-electron chi connectivity index (χ2n) is 5.72. The molecule has 0 saturated heterocycles. The molecule has 0 spiro atoms. The van der Waals surface area contributed by atoms with Crippen molar-refractivity contribution in [3.63, 3.8) is 0 Å². The second kappa shape index (κ2) is 6.69. The first-order valence-corrected chi connectivity index (χ1v) is 9.06. The van der Waals surface area contributed by atoms with Crippen LogP contribution in [-0.4, -0.2) is 18.2 Å². The molecule has 0 aliphatic heterocycles. The summed E-state index contributed by atoms with van der Waals surface area (Å²) in [5.41, 5.74) is -0.895. The molecule has 3 rings (SSSR count). The fraction of sp³-hybridized carbons (Fsp3) is 0.118. The molecule has 1 N–H and O–H groups in total. The summed E-state index contributed by atoms with van der Waals surface area (Å²) >= 11 is 0. The van der Waals surface area contributed by atoms with Crippen LogP contribution in [0, 0.1) is 12.7 Å². The molecule has 5 nitrogen and oxygen atoms in total. The highest BCUT2D eigenvalue weighted by Crippen LogP contribution is 2.34. The molecule has 0 atom stereocenters. The zero-order valence-corrected chi connectivity index (χ0v) is 14.6. The van der Waals surface area contributed by atoms with Crippen molar-refractivity contribution in [2.45, 2.75) is 18.0 Å². The van der Waals surface area contributed by atoms with Gasteiger partial charge in [-0.05, 0) is 48.9 Å². The lowest BCUT2D eigenvalue weighted by Crippen LogP contribution is -2.17. The van der Waals surface area contributed by atoms with E-state index in [4.69, 9.17) is 0 Å². The zero-order chi connectivity index (χ0) is 19.8. The maximum Gasteiger partial charge on any atom is 0.416 e. The number of nitrogens with zero attached hydrogens (tertiary/aromatic N) is 2. The van der Waals surface area contributed by atoms with Crippen molar-refractivity contribution in [2.75, 3.05) is 4.72 Å². The van der Waals surface area contributed by atoms with E-state index in [0.29, 0.717) is 11.6 Å². The summed E-state index contributed by atoms with van der Waals surface area (Å²) in [5.74, 6) is -1.01. The smallest absolute Gasteiger partial charge is 0.277 e. The van der Waals surface area contributed by atoms with E-state index < -0.39 is 32.5 Å². The van der Waals surface area contributed by atoms with Gasteiger partial charge >= 0.3 is 6.18 Å². The molecule has 0 unspecified atom stereocenters. The lowest BCUT2D eigenvalue weighted by atomic mass is 10.1. The number of aromatic nitrogens is 2. The molecule has 0 radical (unpaired) electrons. The molecular weight excluding hydrogens is 386 g/mol. The summed E-state index contributed by atoms with van der Waals surface area (Å²) in [6, 6.07) is 7.51. The van der Waals surface area contributed by atoms with Gasteiger partial charge in [0.25, 0.3) is 10.0 Å². The Morgan fingerprint density at radius 1 is 1.11 bits per heavy atom. The monoisotopic (exact) mass is 399 g/mol. The van der Waals surface area contributed by atoms with Gasteiger partial charge in [-0.15, -0.1) is 0 Å². The van der Waals surface area contributed by atoms with Crippen LogP contribution in [-0.2, 0) is 16.2 Å². The lowest BCUT2D eigenvalue weighted by Gasteiger charge is -2.16. The summed E-state index contributed by atoms with van der Waals surface area (Å²) in [7, 11) is -4.48. The fourth-order valence-corrected chi connectivity index (χ4v) is 3.65. The molecule has 0 amide bonds. The van der Waals surface area contributed by atoms with Gasteiger partial charge < -0.3 is 0 Å². The molecule has 27 heavy (non-hydrogen) atoms. The highest BCUT2D eigenvalue weighted by molar-refractivity contribution is 7.92. The van der Waals surface area contributed by atoms with Crippen LogP contribution in [0.4, 0.5) is 23.2 Å². The largest absolute Gasteiger partial charge is 0.416 e. The highest BCUT2D eigenvalue weighted by atomic mass is 32.2. The summed E-state index contributed by atoms with van der Waals surface area (Å²) in [6.45, 7) is 1.57. The van der Waals surface area contributed by atoms with Crippen LogP contribution in [0.2, 0.25) is 0 Å². The van der Waals surface area contributed by atoms with Crippen molar-refractivity contribution in [2.24, 2.45) is 0 Å². The lowest BCUT2D eigenvalue weighted by molar-refractivity contribution is -0.137. The van der Waals surface area contributed by atoms with Crippen molar-refractivity contribution in [3.05, 3.63) is 71.8 Å². The Balaban J connectivity index is 2.13. The number of anilines is 1. The van der Waals surface area contributed by atoms with E-state index in [1.54, 1.807) is 6.92 Å². The number of alkyl halides is 3. The topological polar surface area (TPSA) is 64.0 Å². The number of aryl methyl sites for hydroxylation is 1. The van der Waals surface area contributed by atoms with E-state index >= 15 is 0 Å². The predicted octanol–water partition coefficient (Wildman–Crippen LogP) is 4.14. The molecule has 0 saturated carbocycles. The summed E-state index contributed by atoms with van der Waals surface area (Å²) in [5, 5.41) is 3.90. The van der Waals surface area contributed by atoms with Gasteiger partial charge in [0.1, 0.15) is 10.7 Å². The second-order valence-corrected chi connectivity index (χ2v) is 7.37. The third-order valence-corrected chi connectivity index (χ3v) is 5.08. The molecule has 0 aliphatic carbocycles. The van der Waals surface area contributed by atoms with Gasteiger partial charge in [0.15, 0.2) is 0 Å². The third-order valence-electron chi connectivity index (χ3n) is 3.70. The van der Waals surface area contributed by atoms with Gasteiger partial charge in [0, 0.05) is 12.4 Å². The molecule has 0 aliphatic rings. The average molecular weight is 399 g/mol. The number of hydrogen-bond acceptors (Lipinski definition) is 3. The van der Waals surface area contributed by atoms with Crippen LogP contribution in [0.5, 0.6) is 0 Å². The fourth-order valence-electron chi connectivity index (χ4n) is 2.42. The Bertz CT molecular complexity index is 1080. The van der Waals surface area contributed by atoms with Gasteiger partial charge in [-0.1, -0.05) is 6.07 Å². The maximum atomic E-state index is 14.0. The first-order chi connectivity index (χ1) is 12.6. The van der Waals surface area contributed by atoms with Crippen LogP contribution < -0.4 is 4.72 Å². The standard InChI is InChI=1S/C17H13F4N3O2S/c1-11-3-5-13(18)16(9-11)27(25,26)23-14-10-12(17(19,20)21)4-6-15(14)24-8-2-7-22-24/h2-10,23H,1H3. The van der Waals surface area contributed by atoms with E-state index in [1.807, 2.05) is 4.72 Å². The number of hydrogen-bond donors (Lipinski definition) is 1. The number of sulfonamides is 1. The van der Waals surface area contributed by atoms with Gasteiger partial charge in [0.2, 0.25) is 0 Å². The van der Waals surface area contributed by atoms with Gasteiger partial charge in [-0.2, -0.15) is 18.3 Å². The molecule has 1 aromatic heterocycles. The SMILES string of the molecule is Cc1ccc(F)c(S(=O)(=O)Nc2cc(C(F)(F)F)ccc2-n2cccn2)c1. The Hall–Kier alpha value is -2.88. The Morgan fingerprint density at radius 2 is 1.85 bits per heavy atom. The molecular formula is C17H13F4N3O2S. The minimum absolute atomic E-state index is 0.0598. The number of rotatable bonds is 4. The molecule has 10 heteroatoms. The molecule has 142 valence electrons. The van der Waals surface area contributed by atoms with Gasteiger partial charge in [-0.3, -0.25) is 4.72 Å². The van der Waals surface area contributed by atoms with Crippen LogP contribution in [0.1, 0.15) is 11.1 Å². The molecule has 2 aromatic carbocycles. The summed E-state index contributed by atoms with van der Waals surface area (Å²) < 4.78 is 81.6. The first kappa shape index (κ1) is 18.9. The normalized spacial score (nSPS) is 12.2. The maximum absolute atomic E-state index is 14.0. The third kappa shape index (κ3) is 3.95. The Morgan fingerprint density at radius 3 is 2.48 bits per heavy atom. The molecule has 0 bridgehead atoms. The van der Waals surface area contributed by atoms with E-state index in [1.165, 1.54) is 29.2 Å². The highest BCUT2D eigenvalue weighted by Gasteiger charge is 2.32. The first-order valence-electron chi connectivity index (χ1n) is 7.58. The van der Waals surface area contributed by atoms with Crippen molar-refractivity contribution in [3.8, 4) is 5.69 Å². The van der Waals surface area contributed by atoms with E-state index in [-0.39, 0.29) is 11.4 Å². The van der Waals surface area contributed by atoms with E-state index in [0.717, 1.165) is 24.3 Å². The minimum Gasteiger partial charge on any atom is -0.277 e. The summed E-state index contributed by atoms with van der Waals surface area (Å²) in [4.78, 5) is -0.661. The van der Waals surface area contributed by atoms with Crippen molar-refractivity contribution < 1.29 is 26.0 Å². The van der Waals surface area contributed by atoms with Crippen molar-refractivity contribution in [1.82, 2.24) is 9.78 Å². The molecule has 1 heterocycles. The average Bonchev–Trinajstić information content (AvgIpc) is 3.10. The summed E-state index contributed by atoms with van der Waals surface area (Å²) in [6.07, 6.45) is -1.86. The van der Waals surface area contributed by atoms with Crippen molar-refractivity contribution in [1.29, 1.82) is 0 Å². The Labute approximate surface area is 152 Å². The predicted molar refractivity (Wildman–Crippen MR) is 90.5 cm³/mol. The number of halogens is 4.